The highest BCUT2D eigenvalue weighted by Crippen LogP contribution is 1.81. The highest BCUT2D eigenvalue weighted by Gasteiger charge is 1.61. The molecule has 0 rings (SSSR count). The lowest BCUT2D eigenvalue weighted by molar-refractivity contribution is 0.329. The Labute approximate surface area is 148 Å². The normalized spacial score (nSPS) is 8.33. The van der Waals surface area contributed by atoms with Crippen LogP contribution in [0.4, 0.5) is 0 Å². The van der Waals surface area contributed by atoms with E-state index in [1.807, 2.05) is 0 Å². The topological polar surface area (TPSA) is 80.9 Å². The fraction of sp³-hybridized carbons (Fsp3) is 0.600. The van der Waals surface area contributed by atoms with Crippen molar-refractivity contribution in [2.45, 2.75) is 53.4 Å². The first-order valence-corrected chi connectivity index (χ1v) is 8.31. The first-order chi connectivity index (χ1) is 11.7. The highest BCUT2D eigenvalue weighted by atomic mass is 16.3. The fourth-order valence-corrected chi connectivity index (χ4v) is 0.844. The van der Waals surface area contributed by atoms with Crippen molar-refractivity contribution in [1.29, 1.82) is 0 Å². The summed E-state index contributed by atoms with van der Waals surface area (Å²) in [5.41, 5.74) is 0. The average Bonchev–Trinajstić information content (AvgIpc) is 2.62. The molecule has 4 nitrogen and oxygen atoms in total. The van der Waals surface area contributed by atoms with Gasteiger partial charge in [0.2, 0.25) is 0 Å². The minimum Gasteiger partial charge on any atom is -0.392 e. The number of hydrogen-bond acceptors (Lipinski definition) is 4. The van der Waals surface area contributed by atoms with Gasteiger partial charge in [0.25, 0.3) is 0 Å². The van der Waals surface area contributed by atoms with E-state index in [2.05, 4.69) is 63.5 Å². The van der Waals surface area contributed by atoms with Crippen LogP contribution < -0.4 is 0 Å². The maximum absolute atomic E-state index is 8.00. The molecule has 0 saturated heterocycles. The van der Waals surface area contributed by atoms with Crippen molar-refractivity contribution in [2.24, 2.45) is 0 Å². The second kappa shape index (κ2) is 43.0. The number of hydrogen-bond donors (Lipinski definition) is 4. The Morgan fingerprint density at radius 2 is 0.875 bits per heavy atom. The van der Waals surface area contributed by atoms with E-state index in [1.54, 1.807) is 0 Å². The third kappa shape index (κ3) is 70.9. The third-order valence-corrected chi connectivity index (χ3v) is 1.78. The van der Waals surface area contributed by atoms with Crippen molar-refractivity contribution in [1.82, 2.24) is 0 Å². The van der Waals surface area contributed by atoms with E-state index >= 15 is 0 Å². The lowest BCUT2D eigenvalue weighted by Crippen LogP contribution is -1.74. The van der Waals surface area contributed by atoms with Crippen LogP contribution in [0.5, 0.6) is 0 Å². The minimum atomic E-state index is -0.166. The molecular formula is C20H36O4. The molecule has 0 aromatic rings. The molecule has 0 amide bonds. The average molecular weight is 341 g/mol. The summed E-state index contributed by atoms with van der Waals surface area (Å²) >= 11 is 0. The lowest BCUT2D eigenvalue weighted by atomic mass is 10.4. The smallest absolute Gasteiger partial charge is 0.104 e. The molecule has 0 aromatic heterocycles. The largest absolute Gasteiger partial charge is 0.392 e. The van der Waals surface area contributed by atoms with E-state index in [0.29, 0.717) is 0 Å². The van der Waals surface area contributed by atoms with Gasteiger partial charge in [-0.05, 0) is 12.8 Å². The standard InChI is InChI=1S/C6H12.C6H10.C4H8O2.C4H6O2/c2*1-3-5-6-4-2;2*5-3-1-2-4-6/h5-6H,3-4H2,1-2H3;3-4H2,1-2H3;1-2,5-6H,3-4H2;5-6H,3-4H2/b6-5+;;2-1+;. The predicted molar refractivity (Wildman–Crippen MR) is 103 cm³/mol. The molecule has 140 valence electrons. The zero-order valence-corrected chi connectivity index (χ0v) is 15.8. The molecule has 0 saturated carbocycles. The van der Waals surface area contributed by atoms with Crippen molar-refractivity contribution in [3.05, 3.63) is 24.3 Å². The van der Waals surface area contributed by atoms with E-state index in [9.17, 15) is 0 Å². The molecule has 4 N–H and O–H groups in total. The van der Waals surface area contributed by atoms with Gasteiger partial charge in [-0.1, -0.05) is 63.8 Å². The zero-order valence-electron chi connectivity index (χ0n) is 15.8. The molecular weight excluding hydrogens is 304 g/mol. The number of allylic oxidation sites excluding steroid dienone is 2. The Hall–Kier alpha value is -1.56. The molecule has 0 aliphatic carbocycles. The maximum Gasteiger partial charge on any atom is 0.104 e. The summed E-state index contributed by atoms with van der Waals surface area (Å²) in [5, 5.41) is 31.8. The molecule has 0 heterocycles. The Morgan fingerprint density at radius 1 is 0.542 bits per heavy atom. The molecule has 0 radical (unpaired) electrons. The highest BCUT2D eigenvalue weighted by molar-refractivity contribution is 4.97. The van der Waals surface area contributed by atoms with Gasteiger partial charge in [0, 0.05) is 12.8 Å². The molecule has 0 aliphatic heterocycles. The van der Waals surface area contributed by atoms with Crippen LogP contribution in [0.3, 0.4) is 0 Å². The SMILES string of the molecule is CC/C=C/CC.CCC#CCC.OC/C=C/CO.OCC#CCO. The Bertz CT molecular complexity index is 287. The van der Waals surface area contributed by atoms with E-state index in [-0.39, 0.29) is 26.4 Å². The van der Waals surface area contributed by atoms with Gasteiger partial charge in [-0.25, -0.2) is 0 Å². The van der Waals surface area contributed by atoms with Crippen molar-refractivity contribution in [2.75, 3.05) is 26.4 Å². The van der Waals surface area contributed by atoms with Gasteiger partial charge in [-0.2, -0.15) is 0 Å². The van der Waals surface area contributed by atoms with Gasteiger partial charge in [-0.15, -0.1) is 11.8 Å². The van der Waals surface area contributed by atoms with Gasteiger partial charge < -0.3 is 20.4 Å². The van der Waals surface area contributed by atoms with Crippen LogP contribution in [0.2, 0.25) is 0 Å². The number of rotatable bonds is 4. The van der Waals surface area contributed by atoms with Gasteiger partial charge >= 0.3 is 0 Å². The summed E-state index contributed by atoms with van der Waals surface area (Å²) in [4.78, 5) is 0. The van der Waals surface area contributed by atoms with Crippen molar-refractivity contribution < 1.29 is 20.4 Å². The minimum absolute atomic E-state index is 0.0144. The van der Waals surface area contributed by atoms with Gasteiger partial charge in [0.1, 0.15) is 13.2 Å². The molecule has 0 fully saturated rings. The van der Waals surface area contributed by atoms with Crippen molar-refractivity contribution >= 4 is 0 Å². The predicted octanol–water partition coefficient (Wildman–Crippen LogP) is 2.67. The van der Waals surface area contributed by atoms with E-state index in [4.69, 9.17) is 20.4 Å². The van der Waals surface area contributed by atoms with Crippen molar-refractivity contribution in [3.8, 4) is 23.7 Å². The Morgan fingerprint density at radius 3 is 1.04 bits per heavy atom. The molecule has 0 spiro atoms. The van der Waals surface area contributed by atoms with Gasteiger partial charge in [0.15, 0.2) is 0 Å². The Kier molecular flexibility index (Phi) is 54.3. The summed E-state index contributed by atoms with van der Waals surface area (Å²) in [6.07, 6.45) is 11.7. The van der Waals surface area contributed by atoms with Crippen LogP contribution >= 0.6 is 0 Å². The second-order valence-electron chi connectivity index (χ2n) is 3.85. The van der Waals surface area contributed by atoms with Crippen LogP contribution in [-0.4, -0.2) is 46.9 Å². The summed E-state index contributed by atoms with van der Waals surface area (Å²) in [5.74, 6) is 10.4. The summed E-state index contributed by atoms with van der Waals surface area (Å²) in [6.45, 7) is 8.10. The van der Waals surface area contributed by atoms with E-state index < -0.39 is 0 Å². The third-order valence-electron chi connectivity index (χ3n) is 1.78. The molecule has 24 heavy (non-hydrogen) atoms. The quantitative estimate of drug-likeness (QED) is 0.468. The molecule has 0 aliphatic rings. The van der Waals surface area contributed by atoms with Crippen LogP contribution in [0.25, 0.3) is 0 Å². The molecule has 0 unspecified atom stereocenters. The first kappa shape index (κ1) is 30.3. The monoisotopic (exact) mass is 340 g/mol. The molecule has 0 aromatic carbocycles. The van der Waals surface area contributed by atoms with Crippen LogP contribution in [0.15, 0.2) is 24.3 Å². The Balaban J connectivity index is -0.000000111. The van der Waals surface area contributed by atoms with Crippen LogP contribution in [0.1, 0.15) is 53.4 Å². The molecule has 0 bridgehead atoms. The van der Waals surface area contributed by atoms with Crippen LogP contribution in [0, 0.1) is 23.7 Å². The van der Waals surface area contributed by atoms with Gasteiger partial charge in [0.05, 0.1) is 13.2 Å². The summed E-state index contributed by atoms with van der Waals surface area (Å²) in [6, 6.07) is 0. The molecule has 4 heteroatoms. The number of aliphatic hydroxyl groups is 4. The van der Waals surface area contributed by atoms with Gasteiger partial charge in [-0.3, -0.25) is 0 Å². The number of aliphatic hydroxyl groups excluding tert-OH is 4. The lowest BCUT2D eigenvalue weighted by Gasteiger charge is -1.73. The van der Waals surface area contributed by atoms with Crippen LogP contribution in [-0.2, 0) is 0 Å². The van der Waals surface area contributed by atoms with E-state index in [0.717, 1.165) is 12.8 Å². The summed E-state index contributed by atoms with van der Waals surface area (Å²) < 4.78 is 0. The second-order valence-corrected chi connectivity index (χ2v) is 3.85. The molecule has 0 atom stereocenters. The fourth-order valence-electron chi connectivity index (χ4n) is 0.844. The summed E-state index contributed by atoms with van der Waals surface area (Å²) in [7, 11) is 0. The van der Waals surface area contributed by atoms with Crippen molar-refractivity contribution in [3.63, 3.8) is 0 Å². The zero-order chi connectivity index (χ0) is 19.3. The first-order valence-electron chi connectivity index (χ1n) is 8.31. The maximum atomic E-state index is 8.00. The van der Waals surface area contributed by atoms with E-state index in [1.165, 1.54) is 25.0 Å².